The van der Waals surface area contributed by atoms with Crippen molar-refractivity contribution >= 4 is 22.5 Å². The minimum atomic E-state index is 0.605. The molecule has 2 rings (SSSR count). The highest BCUT2D eigenvalue weighted by atomic mass is 35.5. The number of fused-ring (bicyclic) bond motifs is 1. The van der Waals surface area contributed by atoms with Crippen LogP contribution in [-0.2, 0) is 6.42 Å². The molecular formula is C14H16ClN. The van der Waals surface area contributed by atoms with E-state index < -0.39 is 0 Å². The zero-order chi connectivity index (χ0) is 11.5. The average molecular weight is 234 g/mol. The maximum Gasteiger partial charge on any atom is 0.132 e. The van der Waals surface area contributed by atoms with Gasteiger partial charge in [-0.1, -0.05) is 31.0 Å². The monoisotopic (exact) mass is 233 g/mol. The molecule has 1 nitrogen and oxygen atoms in total. The summed E-state index contributed by atoms with van der Waals surface area (Å²) in [5.41, 5.74) is 3.41. The number of aryl methyl sites for hydroxylation is 2. The van der Waals surface area contributed by atoms with Crippen molar-refractivity contribution in [3.63, 3.8) is 0 Å². The molecule has 0 aliphatic rings. The predicted octanol–water partition coefficient (Wildman–Crippen LogP) is 4.54. The number of unbranched alkanes of at least 4 members (excludes halogenated alkanes) is 1. The van der Waals surface area contributed by atoms with Gasteiger partial charge in [-0.05, 0) is 49.1 Å². The first-order valence-corrected chi connectivity index (χ1v) is 6.14. The van der Waals surface area contributed by atoms with Crippen molar-refractivity contribution in [2.45, 2.75) is 33.1 Å². The number of halogens is 1. The zero-order valence-electron chi connectivity index (χ0n) is 9.76. The van der Waals surface area contributed by atoms with Crippen LogP contribution in [0.5, 0.6) is 0 Å². The Morgan fingerprint density at radius 2 is 2.06 bits per heavy atom. The van der Waals surface area contributed by atoms with Crippen molar-refractivity contribution in [3.8, 4) is 0 Å². The van der Waals surface area contributed by atoms with Gasteiger partial charge in [-0.25, -0.2) is 4.98 Å². The van der Waals surface area contributed by atoms with Crippen LogP contribution in [0.25, 0.3) is 10.9 Å². The van der Waals surface area contributed by atoms with Crippen LogP contribution in [-0.4, -0.2) is 4.98 Å². The Labute approximate surface area is 101 Å². The van der Waals surface area contributed by atoms with Crippen LogP contribution in [0.2, 0.25) is 5.15 Å². The molecule has 0 fully saturated rings. The molecule has 0 N–H and O–H groups in total. The summed E-state index contributed by atoms with van der Waals surface area (Å²) in [4.78, 5) is 4.36. The first kappa shape index (κ1) is 11.4. The topological polar surface area (TPSA) is 12.9 Å². The third-order valence-electron chi connectivity index (χ3n) is 2.83. The van der Waals surface area contributed by atoms with Crippen LogP contribution < -0.4 is 0 Å². The van der Waals surface area contributed by atoms with Crippen molar-refractivity contribution in [1.82, 2.24) is 4.98 Å². The molecule has 0 radical (unpaired) electrons. The summed E-state index contributed by atoms with van der Waals surface area (Å²) in [5, 5.41) is 1.80. The smallest absolute Gasteiger partial charge is 0.132 e. The summed E-state index contributed by atoms with van der Waals surface area (Å²) in [6.45, 7) is 4.21. The van der Waals surface area contributed by atoms with E-state index in [1.165, 1.54) is 23.8 Å². The van der Waals surface area contributed by atoms with E-state index in [9.17, 15) is 0 Å². The van der Waals surface area contributed by atoms with E-state index in [2.05, 4.69) is 36.2 Å². The Hall–Kier alpha value is -1.08. The molecule has 16 heavy (non-hydrogen) atoms. The number of rotatable bonds is 3. The molecule has 1 aromatic carbocycles. The molecule has 0 aliphatic heterocycles. The Morgan fingerprint density at radius 3 is 2.81 bits per heavy atom. The molecule has 1 heterocycles. The maximum atomic E-state index is 6.00. The number of nitrogens with zero attached hydrogens (tertiary/aromatic N) is 1. The van der Waals surface area contributed by atoms with Crippen molar-refractivity contribution in [1.29, 1.82) is 0 Å². The average Bonchev–Trinajstić information content (AvgIpc) is 2.28. The second kappa shape index (κ2) is 4.84. The van der Waals surface area contributed by atoms with Gasteiger partial charge in [-0.3, -0.25) is 0 Å². The largest absolute Gasteiger partial charge is 0.236 e. The molecule has 84 valence electrons. The Bertz CT molecular complexity index is 505. The summed E-state index contributed by atoms with van der Waals surface area (Å²) < 4.78 is 0. The van der Waals surface area contributed by atoms with E-state index in [-0.39, 0.29) is 0 Å². The van der Waals surface area contributed by atoms with E-state index >= 15 is 0 Å². The molecule has 2 heteroatoms. The minimum absolute atomic E-state index is 0.605. The normalized spacial score (nSPS) is 10.9. The number of aromatic nitrogens is 1. The van der Waals surface area contributed by atoms with E-state index in [0.717, 1.165) is 17.5 Å². The molecule has 0 atom stereocenters. The van der Waals surface area contributed by atoms with Crippen LogP contribution in [0, 0.1) is 6.92 Å². The van der Waals surface area contributed by atoms with Crippen molar-refractivity contribution in [2.75, 3.05) is 0 Å². The lowest BCUT2D eigenvalue weighted by Crippen LogP contribution is -1.88. The lowest BCUT2D eigenvalue weighted by atomic mass is 10.1. The molecule has 0 saturated heterocycles. The zero-order valence-corrected chi connectivity index (χ0v) is 10.5. The lowest BCUT2D eigenvalue weighted by Gasteiger charge is -2.04. The Kier molecular flexibility index (Phi) is 3.45. The van der Waals surface area contributed by atoms with Crippen LogP contribution in [0.3, 0.4) is 0 Å². The second-order valence-electron chi connectivity index (χ2n) is 4.23. The molecule has 0 amide bonds. The van der Waals surface area contributed by atoms with Gasteiger partial charge in [-0.2, -0.15) is 0 Å². The van der Waals surface area contributed by atoms with Gasteiger partial charge in [0.25, 0.3) is 0 Å². The highest BCUT2D eigenvalue weighted by molar-refractivity contribution is 6.30. The molecule has 0 spiro atoms. The number of pyridine rings is 1. The standard InChI is InChI=1S/C14H16ClN/c1-3-4-5-11-6-7-13-12(9-11)8-10(2)14(15)16-13/h6-9H,3-5H2,1-2H3. The van der Waals surface area contributed by atoms with Gasteiger partial charge in [0, 0.05) is 5.39 Å². The predicted molar refractivity (Wildman–Crippen MR) is 70.1 cm³/mol. The lowest BCUT2D eigenvalue weighted by molar-refractivity contribution is 0.796. The summed E-state index contributed by atoms with van der Waals surface area (Å²) in [6, 6.07) is 8.55. The number of hydrogen-bond donors (Lipinski definition) is 0. The fourth-order valence-corrected chi connectivity index (χ4v) is 1.99. The molecule has 2 aromatic rings. The quantitative estimate of drug-likeness (QED) is 0.710. The Morgan fingerprint density at radius 1 is 1.25 bits per heavy atom. The van der Waals surface area contributed by atoms with E-state index in [1.54, 1.807) is 0 Å². The van der Waals surface area contributed by atoms with Crippen molar-refractivity contribution in [3.05, 3.63) is 40.5 Å². The van der Waals surface area contributed by atoms with Crippen LogP contribution in [0.15, 0.2) is 24.3 Å². The maximum absolute atomic E-state index is 6.00. The van der Waals surface area contributed by atoms with Gasteiger partial charge < -0.3 is 0 Å². The minimum Gasteiger partial charge on any atom is -0.236 e. The highest BCUT2D eigenvalue weighted by Gasteiger charge is 2.02. The Balaban J connectivity index is 2.41. The molecule has 0 saturated carbocycles. The molecule has 1 aromatic heterocycles. The van der Waals surface area contributed by atoms with Crippen molar-refractivity contribution in [2.24, 2.45) is 0 Å². The molecule has 0 unspecified atom stereocenters. The van der Waals surface area contributed by atoms with Gasteiger partial charge >= 0.3 is 0 Å². The summed E-state index contributed by atoms with van der Waals surface area (Å²) in [7, 11) is 0. The van der Waals surface area contributed by atoms with E-state index in [4.69, 9.17) is 11.6 Å². The van der Waals surface area contributed by atoms with Gasteiger partial charge in [-0.15, -0.1) is 0 Å². The fourth-order valence-electron chi connectivity index (χ4n) is 1.84. The first-order chi connectivity index (χ1) is 7.70. The van der Waals surface area contributed by atoms with E-state index in [1.807, 2.05) is 6.92 Å². The van der Waals surface area contributed by atoms with E-state index in [0.29, 0.717) is 5.15 Å². The van der Waals surface area contributed by atoms with Gasteiger partial charge in [0.05, 0.1) is 5.52 Å². The first-order valence-electron chi connectivity index (χ1n) is 5.76. The van der Waals surface area contributed by atoms with Gasteiger partial charge in [0.1, 0.15) is 5.15 Å². The summed E-state index contributed by atoms with van der Waals surface area (Å²) in [5.74, 6) is 0. The van der Waals surface area contributed by atoms with Gasteiger partial charge in [0.15, 0.2) is 0 Å². The summed E-state index contributed by atoms with van der Waals surface area (Å²) in [6.07, 6.45) is 3.62. The van der Waals surface area contributed by atoms with Crippen LogP contribution >= 0.6 is 11.6 Å². The molecular weight excluding hydrogens is 218 g/mol. The SMILES string of the molecule is CCCCc1ccc2nc(Cl)c(C)cc2c1. The van der Waals surface area contributed by atoms with Crippen LogP contribution in [0.4, 0.5) is 0 Å². The molecule has 0 bridgehead atoms. The fraction of sp³-hybridized carbons (Fsp3) is 0.357. The highest BCUT2D eigenvalue weighted by Crippen LogP contribution is 2.21. The number of hydrogen-bond acceptors (Lipinski definition) is 1. The molecule has 0 aliphatic carbocycles. The van der Waals surface area contributed by atoms with Crippen molar-refractivity contribution < 1.29 is 0 Å². The summed E-state index contributed by atoms with van der Waals surface area (Å²) >= 11 is 6.00. The third kappa shape index (κ3) is 2.35. The third-order valence-corrected chi connectivity index (χ3v) is 3.21. The second-order valence-corrected chi connectivity index (χ2v) is 4.58. The van der Waals surface area contributed by atoms with Gasteiger partial charge in [0.2, 0.25) is 0 Å². The van der Waals surface area contributed by atoms with Crippen LogP contribution in [0.1, 0.15) is 30.9 Å². The number of benzene rings is 1.